The topological polar surface area (TPSA) is 106 Å². The Kier molecular flexibility index (Phi) is 6.51. The lowest BCUT2D eigenvalue weighted by Gasteiger charge is -2.10. The first-order valence-electron chi connectivity index (χ1n) is 7.03. The van der Waals surface area contributed by atoms with Gasteiger partial charge in [-0.2, -0.15) is 5.10 Å². The van der Waals surface area contributed by atoms with Crippen molar-refractivity contribution >= 4 is 33.5 Å². The molecule has 0 aliphatic carbocycles. The second-order valence-corrected chi connectivity index (χ2v) is 7.40. The third-order valence-electron chi connectivity index (χ3n) is 3.01. The third-order valence-corrected chi connectivity index (χ3v) is 5.22. The molecule has 0 unspecified atom stereocenters. The van der Waals surface area contributed by atoms with E-state index in [1.165, 1.54) is 50.0 Å². The van der Waals surface area contributed by atoms with Gasteiger partial charge in [-0.05, 0) is 23.6 Å². The summed E-state index contributed by atoms with van der Waals surface area (Å²) in [6.45, 7) is -0.446. The average molecular weight is 383 g/mol. The molecule has 10 heteroatoms. The van der Waals surface area contributed by atoms with Crippen LogP contribution in [0.2, 0.25) is 0 Å². The van der Waals surface area contributed by atoms with Crippen molar-refractivity contribution in [2.75, 3.05) is 20.8 Å². The number of rotatable bonds is 8. The molecule has 2 rings (SSSR count). The molecule has 0 saturated heterocycles. The van der Waals surface area contributed by atoms with E-state index in [-0.39, 0.29) is 10.6 Å². The number of hydrogen-bond acceptors (Lipinski definition) is 7. The number of ether oxygens (including phenoxy) is 2. The van der Waals surface area contributed by atoms with Crippen LogP contribution in [0.4, 0.5) is 0 Å². The van der Waals surface area contributed by atoms with Gasteiger partial charge in [0.15, 0.2) is 11.5 Å². The summed E-state index contributed by atoms with van der Waals surface area (Å²) < 4.78 is 36.8. The quantitative estimate of drug-likeness (QED) is 0.526. The third kappa shape index (κ3) is 5.28. The fourth-order valence-corrected chi connectivity index (χ4v) is 3.38. The predicted octanol–water partition coefficient (Wildman–Crippen LogP) is 1.19. The molecule has 0 aliphatic rings. The molecule has 1 heterocycles. The van der Waals surface area contributed by atoms with Crippen molar-refractivity contribution in [2.45, 2.75) is 4.90 Å². The first-order valence-corrected chi connectivity index (χ1v) is 9.39. The van der Waals surface area contributed by atoms with Gasteiger partial charge in [-0.1, -0.05) is 6.07 Å². The van der Waals surface area contributed by atoms with Crippen molar-refractivity contribution in [3.63, 3.8) is 0 Å². The Hall–Kier alpha value is -2.43. The Morgan fingerprint density at radius 1 is 1.24 bits per heavy atom. The molecule has 0 spiro atoms. The van der Waals surface area contributed by atoms with Crippen molar-refractivity contribution in [3.8, 4) is 11.5 Å². The van der Waals surface area contributed by atoms with Crippen molar-refractivity contribution in [3.05, 3.63) is 40.6 Å². The molecule has 1 amide bonds. The van der Waals surface area contributed by atoms with Crippen LogP contribution in [-0.2, 0) is 14.8 Å². The first-order chi connectivity index (χ1) is 12.0. The lowest BCUT2D eigenvalue weighted by molar-refractivity contribution is -0.119. The smallest absolute Gasteiger partial charge is 0.255 e. The Morgan fingerprint density at radius 2 is 2.00 bits per heavy atom. The molecular formula is C15H17N3O5S2. The van der Waals surface area contributed by atoms with E-state index in [4.69, 9.17) is 9.47 Å². The predicted molar refractivity (Wildman–Crippen MR) is 94.8 cm³/mol. The van der Waals surface area contributed by atoms with E-state index >= 15 is 0 Å². The van der Waals surface area contributed by atoms with Crippen LogP contribution in [0.15, 0.2) is 45.7 Å². The highest BCUT2D eigenvalue weighted by molar-refractivity contribution is 7.89. The summed E-state index contributed by atoms with van der Waals surface area (Å²) in [5, 5.41) is 5.63. The van der Waals surface area contributed by atoms with Crippen molar-refractivity contribution in [1.82, 2.24) is 10.1 Å². The molecular weight excluding hydrogens is 366 g/mol. The van der Waals surface area contributed by atoms with Crippen LogP contribution in [0.3, 0.4) is 0 Å². The molecule has 1 aromatic heterocycles. The van der Waals surface area contributed by atoms with E-state index in [1.807, 2.05) is 17.5 Å². The Bertz CT molecular complexity index is 848. The number of nitrogens with zero attached hydrogens (tertiary/aromatic N) is 1. The van der Waals surface area contributed by atoms with E-state index in [0.29, 0.717) is 5.75 Å². The van der Waals surface area contributed by atoms with Gasteiger partial charge in [-0.25, -0.2) is 18.6 Å². The van der Waals surface area contributed by atoms with Crippen LogP contribution in [0, 0.1) is 0 Å². The molecule has 1 aromatic carbocycles. The van der Waals surface area contributed by atoms with Gasteiger partial charge >= 0.3 is 0 Å². The zero-order valence-corrected chi connectivity index (χ0v) is 15.2. The summed E-state index contributed by atoms with van der Waals surface area (Å²) in [5.74, 6) is 0.0920. The fourth-order valence-electron chi connectivity index (χ4n) is 1.80. The Balaban J connectivity index is 1.95. The zero-order chi connectivity index (χ0) is 18.3. The van der Waals surface area contributed by atoms with E-state index in [2.05, 4.69) is 15.2 Å². The molecule has 0 atom stereocenters. The summed E-state index contributed by atoms with van der Waals surface area (Å²) in [7, 11) is -1.02. The normalized spacial score (nSPS) is 11.4. The van der Waals surface area contributed by atoms with Gasteiger partial charge in [0.1, 0.15) is 0 Å². The molecule has 2 aromatic rings. The van der Waals surface area contributed by atoms with Gasteiger partial charge in [-0.15, -0.1) is 11.3 Å². The summed E-state index contributed by atoms with van der Waals surface area (Å²) >= 11 is 1.46. The summed E-state index contributed by atoms with van der Waals surface area (Å²) in [5.41, 5.74) is 2.25. The SMILES string of the molecule is COc1ccc(S(=O)(=O)NCC(=O)N/N=C\c2cccs2)cc1OC. The summed E-state index contributed by atoms with van der Waals surface area (Å²) in [4.78, 5) is 12.5. The highest BCUT2D eigenvalue weighted by Crippen LogP contribution is 2.29. The second-order valence-electron chi connectivity index (χ2n) is 4.65. The maximum Gasteiger partial charge on any atom is 0.255 e. The number of thiophene rings is 1. The molecule has 0 saturated carbocycles. The van der Waals surface area contributed by atoms with Crippen LogP contribution >= 0.6 is 11.3 Å². The minimum Gasteiger partial charge on any atom is -0.493 e. The van der Waals surface area contributed by atoms with Crippen LogP contribution in [0.5, 0.6) is 11.5 Å². The largest absolute Gasteiger partial charge is 0.493 e. The minimum atomic E-state index is -3.88. The van der Waals surface area contributed by atoms with E-state index in [1.54, 1.807) is 0 Å². The number of carbonyl (C=O) groups is 1. The maximum atomic E-state index is 12.2. The number of benzene rings is 1. The standard InChI is InChI=1S/C15H17N3O5S2/c1-22-13-6-5-12(8-14(13)23-2)25(20,21)17-10-15(19)18-16-9-11-4-3-7-24-11/h3-9,17H,10H2,1-2H3,(H,18,19)/b16-9-. The van der Waals surface area contributed by atoms with Gasteiger partial charge in [0.2, 0.25) is 10.0 Å². The van der Waals surface area contributed by atoms with Crippen molar-refractivity contribution in [2.24, 2.45) is 5.10 Å². The lowest BCUT2D eigenvalue weighted by atomic mass is 10.3. The van der Waals surface area contributed by atoms with Crippen LogP contribution in [0.1, 0.15) is 4.88 Å². The summed E-state index contributed by atoms with van der Waals surface area (Å²) in [6, 6.07) is 7.83. The number of nitrogens with one attached hydrogen (secondary N) is 2. The van der Waals surface area contributed by atoms with E-state index in [9.17, 15) is 13.2 Å². The fraction of sp³-hybridized carbons (Fsp3) is 0.200. The van der Waals surface area contributed by atoms with Gasteiger partial charge in [-0.3, -0.25) is 4.79 Å². The van der Waals surface area contributed by atoms with Crippen molar-refractivity contribution in [1.29, 1.82) is 0 Å². The van der Waals surface area contributed by atoms with Gasteiger partial charge < -0.3 is 9.47 Å². The number of hydrazone groups is 1. The molecule has 0 aliphatic heterocycles. The monoisotopic (exact) mass is 383 g/mol. The van der Waals surface area contributed by atoms with Gasteiger partial charge in [0.05, 0.1) is 31.9 Å². The highest BCUT2D eigenvalue weighted by atomic mass is 32.2. The minimum absolute atomic E-state index is 0.0416. The summed E-state index contributed by atoms with van der Waals surface area (Å²) in [6.07, 6.45) is 1.48. The lowest BCUT2D eigenvalue weighted by Crippen LogP contribution is -2.34. The van der Waals surface area contributed by atoms with Crippen LogP contribution in [-0.4, -0.2) is 41.3 Å². The first kappa shape index (κ1) is 18.9. The van der Waals surface area contributed by atoms with E-state index < -0.39 is 22.5 Å². The second kappa shape index (κ2) is 8.60. The number of methoxy groups -OCH3 is 2. The Labute approximate surface area is 149 Å². The van der Waals surface area contributed by atoms with Gasteiger partial charge in [0, 0.05) is 10.9 Å². The zero-order valence-electron chi connectivity index (χ0n) is 13.6. The molecule has 134 valence electrons. The maximum absolute atomic E-state index is 12.2. The van der Waals surface area contributed by atoms with E-state index in [0.717, 1.165) is 4.88 Å². The molecule has 0 bridgehead atoms. The number of hydrogen-bond donors (Lipinski definition) is 2. The number of sulfonamides is 1. The van der Waals surface area contributed by atoms with Crippen LogP contribution < -0.4 is 19.6 Å². The number of carbonyl (C=O) groups excluding carboxylic acids is 1. The van der Waals surface area contributed by atoms with Crippen molar-refractivity contribution < 1.29 is 22.7 Å². The van der Waals surface area contributed by atoms with Crippen LogP contribution in [0.25, 0.3) is 0 Å². The van der Waals surface area contributed by atoms with Gasteiger partial charge in [0.25, 0.3) is 5.91 Å². The molecule has 0 fully saturated rings. The molecule has 25 heavy (non-hydrogen) atoms. The molecule has 8 nitrogen and oxygen atoms in total. The average Bonchev–Trinajstić information content (AvgIpc) is 3.12. The molecule has 0 radical (unpaired) electrons. The molecule has 2 N–H and O–H groups in total. The highest BCUT2D eigenvalue weighted by Gasteiger charge is 2.18. The number of amides is 1. The Morgan fingerprint density at radius 3 is 2.64 bits per heavy atom.